The Balaban J connectivity index is 2.10. The van der Waals surface area contributed by atoms with E-state index in [1.165, 1.54) is 24.0 Å². The van der Waals surface area contributed by atoms with Gasteiger partial charge in [-0.1, -0.05) is 51.0 Å². The zero-order chi connectivity index (χ0) is 13.0. The van der Waals surface area contributed by atoms with E-state index >= 15 is 0 Å². The standard InChI is InChI=1S/C16H25NO/c1-3-12(4-2)11-15(17)16-14-8-6-5-7-13(14)9-10-18-16/h5-8,12,15-16H,3-4,9-11,17H2,1-2H3. The lowest BCUT2D eigenvalue weighted by atomic mass is 9.87. The van der Waals surface area contributed by atoms with Crippen molar-refractivity contribution in [3.63, 3.8) is 0 Å². The molecule has 0 fully saturated rings. The van der Waals surface area contributed by atoms with Gasteiger partial charge < -0.3 is 10.5 Å². The second-order valence-electron chi connectivity index (χ2n) is 5.32. The molecule has 0 spiro atoms. The summed E-state index contributed by atoms with van der Waals surface area (Å²) >= 11 is 0. The van der Waals surface area contributed by atoms with E-state index in [2.05, 4.69) is 38.1 Å². The van der Waals surface area contributed by atoms with Gasteiger partial charge >= 0.3 is 0 Å². The highest BCUT2D eigenvalue weighted by Gasteiger charge is 2.27. The molecule has 1 aromatic rings. The molecule has 2 nitrogen and oxygen atoms in total. The molecule has 1 aliphatic rings. The largest absolute Gasteiger partial charge is 0.372 e. The first-order valence-electron chi connectivity index (χ1n) is 7.21. The first-order valence-corrected chi connectivity index (χ1v) is 7.21. The summed E-state index contributed by atoms with van der Waals surface area (Å²) in [6, 6.07) is 8.69. The summed E-state index contributed by atoms with van der Waals surface area (Å²) in [7, 11) is 0. The van der Waals surface area contributed by atoms with Gasteiger partial charge in [-0.05, 0) is 29.9 Å². The number of ether oxygens (including phenoxy) is 1. The van der Waals surface area contributed by atoms with Crippen LogP contribution in [0.2, 0.25) is 0 Å². The summed E-state index contributed by atoms with van der Waals surface area (Å²) in [5.74, 6) is 0.720. The SMILES string of the molecule is CCC(CC)CC(N)C1OCCc2ccccc21. The lowest BCUT2D eigenvalue weighted by Crippen LogP contribution is -2.35. The van der Waals surface area contributed by atoms with Gasteiger partial charge in [-0.2, -0.15) is 0 Å². The summed E-state index contributed by atoms with van der Waals surface area (Å²) in [6.45, 7) is 5.30. The Morgan fingerprint density at radius 2 is 2.00 bits per heavy atom. The van der Waals surface area contributed by atoms with Gasteiger partial charge in [-0.3, -0.25) is 0 Å². The van der Waals surface area contributed by atoms with Gasteiger partial charge in [0.25, 0.3) is 0 Å². The van der Waals surface area contributed by atoms with Crippen LogP contribution in [0.15, 0.2) is 24.3 Å². The average Bonchev–Trinajstić information content (AvgIpc) is 2.43. The topological polar surface area (TPSA) is 35.2 Å². The predicted molar refractivity (Wildman–Crippen MR) is 75.5 cm³/mol. The van der Waals surface area contributed by atoms with Gasteiger partial charge in [0.15, 0.2) is 0 Å². The van der Waals surface area contributed by atoms with Gasteiger partial charge in [-0.15, -0.1) is 0 Å². The normalized spacial score (nSPS) is 20.8. The molecule has 2 atom stereocenters. The van der Waals surface area contributed by atoms with E-state index in [1.54, 1.807) is 0 Å². The Morgan fingerprint density at radius 3 is 2.72 bits per heavy atom. The van der Waals surface area contributed by atoms with Crippen molar-refractivity contribution in [2.45, 2.75) is 51.7 Å². The van der Waals surface area contributed by atoms with Crippen LogP contribution in [0.1, 0.15) is 50.3 Å². The van der Waals surface area contributed by atoms with E-state index in [4.69, 9.17) is 10.5 Å². The fourth-order valence-corrected chi connectivity index (χ4v) is 2.91. The van der Waals surface area contributed by atoms with Crippen LogP contribution in [-0.4, -0.2) is 12.6 Å². The summed E-state index contributed by atoms with van der Waals surface area (Å²) in [4.78, 5) is 0. The molecule has 2 rings (SSSR count). The minimum absolute atomic E-state index is 0.0931. The van der Waals surface area contributed by atoms with Crippen molar-refractivity contribution in [3.8, 4) is 0 Å². The van der Waals surface area contributed by atoms with Crippen LogP contribution in [0.4, 0.5) is 0 Å². The maximum absolute atomic E-state index is 6.39. The third-order valence-corrected chi connectivity index (χ3v) is 4.18. The Morgan fingerprint density at radius 1 is 1.28 bits per heavy atom. The molecule has 0 saturated carbocycles. The van der Waals surface area contributed by atoms with Crippen molar-refractivity contribution < 1.29 is 4.74 Å². The molecule has 1 heterocycles. The van der Waals surface area contributed by atoms with Gasteiger partial charge in [0.05, 0.1) is 12.7 Å². The van der Waals surface area contributed by atoms with Crippen LogP contribution in [-0.2, 0) is 11.2 Å². The minimum atomic E-state index is 0.0931. The van der Waals surface area contributed by atoms with Crippen molar-refractivity contribution in [2.75, 3.05) is 6.61 Å². The van der Waals surface area contributed by atoms with Crippen molar-refractivity contribution >= 4 is 0 Å². The molecule has 0 saturated heterocycles. The predicted octanol–water partition coefficient (Wildman–Crippen LogP) is 3.45. The maximum Gasteiger partial charge on any atom is 0.0978 e. The first-order chi connectivity index (χ1) is 8.76. The molecule has 1 aliphatic heterocycles. The first kappa shape index (κ1) is 13.6. The molecule has 1 aromatic carbocycles. The molecule has 2 heteroatoms. The van der Waals surface area contributed by atoms with Crippen molar-refractivity contribution in [2.24, 2.45) is 11.7 Å². The summed E-state index contributed by atoms with van der Waals surface area (Å²) in [6.07, 6.45) is 4.59. The average molecular weight is 247 g/mol. The number of hydrogen-bond donors (Lipinski definition) is 1. The van der Waals surface area contributed by atoms with Gasteiger partial charge in [-0.25, -0.2) is 0 Å². The number of nitrogens with two attached hydrogens (primary N) is 1. The van der Waals surface area contributed by atoms with E-state index < -0.39 is 0 Å². The molecule has 0 radical (unpaired) electrons. The van der Waals surface area contributed by atoms with Crippen LogP contribution >= 0.6 is 0 Å². The van der Waals surface area contributed by atoms with E-state index in [0.717, 1.165) is 25.4 Å². The molecule has 0 aliphatic carbocycles. The Hall–Kier alpha value is -0.860. The van der Waals surface area contributed by atoms with Crippen LogP contribution in [0.25, 0.3) is 0 Å². The van der Waals surface area contributed by atoms with Crippen molar-refractivity contribution in [1.29, 1.82) is 0 Å². The number of hydrogen-bond acceptors (Lipinski definition) is 2. The molecule has 100 valence electrons. The molecule has 0 bridgehead atoms. The van der Waals surface area contributed by atoms with Gasteiger partial charge in [0.2, 0.25) is 0 Å². The lowest BCUT2D eigenvalue weighted by Gasteiger charge is -2.32. The van der Waals surface area contributed by atoms with Crippen molar-refractivity contribution in [3.05, 3.63) is 35.4 Å². The van der Waals surface area contributed by atoms with Crippen LogP contribution in [0.3, 0.4) is 0 Å². The third kappa shape index (κ3) is 2.93. The van der Waals surface area contributed by atoms with Gasteiger partial charge in [0, 0.05) is 6.04 Å². The van der Waals surface area contributed by atoms with Crippen LogP contribution in [0, 0.1) is 5.92 Å². The fraction of sp³-hybridized carbons (Fsp3) is 0.625. The second-order valence-corrected chi connectivity index (χ2v) is 5.32. The zero-order valence-corrected chi connectivity index (χ0v) is 11.6. The Bertz CT molecular complexity index is 373. The van der Waals surface area contributed by atoms with Crippen LogP contribution in [0.5, 0.6) is 0 Å². The summed E-state index contributed by atoms with van der Waals surface area (Å²) < 4.78 is 5.93. The van der Waals surface area contributed by atoms with E-state index in [-0.39, 0.29) is 12.1 Å². The second kappa shape index (κ2) is 6.35. The summed E-state index contributed by atoms with van der Waals surface area (Å²) in [5, 5.41) is 0. The molecule has 2 unspecified atom stereocenters. The fourth-order valence-electron chi connectivity index (χ4n) is 2.91. The highest BCUT2D eigenvalue weighted by Crippen LogP contribution is 2.31. The molecule has 18 heavy (non-hydrogen) atoms. The Labute approximate surface area is 111 Å². The highest BCUT2D eigenvalue weighted by atomic mass is 16.5. The van der Waals surface area contributed by atoms with Crippen molar-refractivity contribution in [1.82, 2.24) is 0 Å². The minimum Gasteiger partial charge on any atom is -0.372 e. The number of benzene rings is 1. The number of rotatable bonds is 5. The lowest BCUT2D eigenvalue weighted by molar-refractivity contribution is 0.0188. The summed E-state index contributed by atoms with van der Waals surface area (Å²) in [5.41, 5.74) is 9.11. The molecule has 2 N–H and O–H groups in total. The highest BCUT2D eigenvalue weighted by molar-refractivity contribution is 5.31. The van der Waals surface area contributed by atoms with E-state index in [1.807, 2.05) is 0 Å². The quantitative estimate of drug-likeness (QED) is 0.865. The molecule has 0 aromatic heterocycles. The third-order valence-electron chi connectivity index (χ3n) is 4.18. The molecular formula is C16H25NO. The zero-order valence-electron chi connectivity index (χ0n) is 11.6. The van der Waals surface area contributed by atoms with E-state index in [0.29, 0.717) is 0 Å². The monoisotopic (exact) mass is 247 g/mol. The number of fused-ring (bicyclic) bond motifs is 1. The van der Waals surface area contributed by atoms with E-state index in [9.17, 15) is 0 Å². The Kier molecular flexibility index (Phi) is 4.79. The molecular weight excluding hydrogens is 222 g/mol. The van der Waals surface area contributed by atoms with Gasteiger partial charge in [0.1, 0.15) is 0 Å². The maximum atomic E-state index is 6.39. The molecule has 0 amide bonds. The van der Waals surface area contributed by atoms with Crippen LogP contribution < -0.4 is 5.73 Å². The smallest absolute Gasteiger partial charge is 0.0978 e.